The average Bonchev–Trinajstić information content (AvgIpc) is 2.72. The van der Waals surface area contributed by atoms with E-state index >= 15 is 0 Å². The van der Waals surface area contributed by atoms with Crippen LogP contribution in [0.4, 0.5) is 5.95 Å². The molecule has 1 fully saturated rings. The van der Waals surface area contributed by atoms with E-state index in [4.69, 9.17) is 0 Å². The van der Waals surface area contributed by atoms with Gasteiger partial charge in [0.05, 0.1) is 5.92 Å². The van der Waals surface area contributed by atoms with E-state index in [0.29, 0.717) is 24.6 Å². The molecule has 1 aliphatic heterocycles. The minimum absolute atomic E-state index is 0.0315. The minimum Gasteiger partial charge on any atom is -0.352 e. The number of rotatable bonds is 5. The van der Waals surface area contributed by atoms with Crippen LogP contribution in [0.25, 0.3) is 0 Å². The first-order valence-electron chi connectivity index (χ1n) is 9.15. The highest BCUT2D eigenvalue weighted by atomic mass is 16.2. The SMILES string of the molecule is CN(C)C(=O)c1ccc(CNC(=O)C2CCCN(c3ncccn3)C2)cc1. The summed E-state index contributed by atoms with van der Waals surface area (Å²) in [4.78, 5) is 36.7. The molecule has 3 rings (SSSR count). The molecule has 1 atom stereocenters. The van der Waals surface area contributed by atoms with Crippen molar-refractivity contribution in [2.75, 3.05) is 32.1 Å². The standard InChI is InChI=1S/C20H25N5O2/c1-24(2)19(27)16-8-6-15(7-9-16)13-23-18(26)17-5-3-12-25(14-17)20-21-10-4-11-22-20/h4,6-11,17H,3,5,12-14H2,1-2H3,(H,23,26). The summed E-state index contributed by atoms with van der Waals surface area (Å²) in [5.74, 6) is 0.619. The molecule has 142 valence electrons. The molecule has 0 aliphatic carbocycles. The first-order chi connectivity index (χ1) is 13.0. The highest BCUT2D eigenvalue weighted by Gasteiger charge is 2.26. The van der Waals surface area contributed by atoms with Crippen molar-refractivity contribution < 1.29 is 9.59 Å². The molecule has 0 saturated carbocycles. The van der Waals surface area contributed by atoms with Gasteiger partial charge in [-0.15, -0.1) is 0 Å². The monoisotopic (exact) mass is 367 g/mol. The van der Waals surface area contributed by atoms with Gasteiger partial charge in [0, 0.05) is 51.7 Å². The smallest absolute Gasteiger partial charge is 0.253 e. The van der Waals surface area contributed by atoms with Crippen LogP contribution in [0.5, 0.6) is 0 Å². The maximum atomic E-state index is 12.6. The third kappa shape index (κ3) is 4.81. The predicted octanol–water partition coefficient (Wildman–Crippen LogP) is 1.71. The van der Waals surface area contributed by atoms with Crippen LogP contribution < -0.4 is 10.2 Å². The zero-order valence-electron chi connectivity index (χ0n) is 15.8. The van der Waals surface area contributed by atoms with Gasteiger partial charge in [0.15, 0.2) is 0 Å². The lowest BCUT2D eigenvalue weighted by Gasteiger charge is -2.31. The quantitative estimate of drug-likeness (QED) is 0.870. The fraction of sp³-hybridized carbons (Fsp3) is 0.400. The number of carbonyl (C=O) groups is 2. The molecule has 27 heavy (non-hydrogen) atoms. The number of anilines is 1. The lowest BCUT2D eigenvalue weighted by Crippen LogP contribution is -2.43. The Balaban J connectivity index is 1.53. The molecule has 2 aromatic rings. The lowest BCUT2D eigenvalue weighted by atomic mass is 9.97. The first-order valence-corrected chi connectivity index (χ1v) is 9.15. The summed E-state index contributed by atoms with van der Waals surface area (Å²) >= 11 is 0. The maximum absolute atomic E-state index is 12.6. The topological polar surface area (TPSA) is 78.4 Å². The van der Waals surface area contributed by atoms with Crippen LogP contribution in [-0.2, 0) is 11.3 Å². The molecule has 0 radical (unpaired) electrons. The van der Waals surface area contributed by atoms with Crippen molar-refractivity contribution in [2.45, 2.75) is 19.4 Å². The summed E-state index contributed by atoms with van der Waals surface area (Å²) in [5.41, 5.74) is 1.61. The number of amides is 2. The van der Waals surface area contributed by atoms with E-state index in [1.165, 1.54) is 0 Å². The Morgan fingerprint density at radius 1 is 1.19 bits per heavy atom. The molecule has 1 aromatic heterocycles. The number of piperidine rings is 1. The Kier molecular flexibility index (Phi) is 6.01. The number of carbonyl (C=O) groups excluding carboxylic acids is 2. The second kappa shape index (κ2) is 8.62. The molecule has 2 amide bonds. The van der Waals surface area contributed by atoms with E-state index in [1.54, 1.807) is 49.6 Å². The van der Waals surface area contributed by atoms with Gasteiger partial charge in [-0.25, -0.2) is 9.97 Å². The molecule has 1 N–H and O–H groups in total. The Morgan fingerprint density at radius 2 is 1.89 bits per heavy atom. The fourth-order valence-electron chi connectivity index (χ4n) is 3.18. The fourth-order valence-corrected chi connectivity index (χ4v) is 3.18. The van der Waals surface area contributed by atoms with Crippen molar-refractivity contribution in [3.8, 4) is 0 Å². The van der Waals surface area contributed by atoms with Crippen LogP contribution in [0.1, 0.15) is 28.8 Å². The number of benzene rings is 1. The van der Waals surface area contributed by atoms with E-state index in [2.05, 4.69) is 20.2 Å². The average molecular weight is 367 g/mol. The summed E-state index contributed by atoms with van der Waals surface area (Å²) in [6.07, 6.45) is 5.25. The highest BCUT2D eigenvalue weighted by molar-refractivity contribution is 5.93. The van der Waals surface area contributed by atoms with Crippen molar-refractivity contribution >= 4 is 17.8 Å². The Hall–Kier alpha value is -2.96. The molecule has 7 nitrogen and oxygen atoms in total. The Labute approximate surface area is 159 Å². The molecule has 2 heterocycles. The third-order valence-electron chi connectivity index (χ3n) is 4.70. The molecule has 0 bridgehead atoms. The van der Waals surface area contributed by atoms with Gasteiger partial charge in [0.2, 0.25) is 11.9 Å². The van der Waals surface area contributed by atoms with E-state index in [-0.39, 0.29) is 17.7 Å². The third-order valence-corrected chi connectivity index (χ3v) is 4.70. The molecule has 7 heteroatoms. The highest BCUT2D eigenvalue weighted by Crippen LogP contribution is 2.20. The lowest BCUT2D eigenvalue weighted by molar-refractivity contribution is -0.125. The van der Waals surface area contributed by atoms with Gasteiger partial charge in [-0.1, -0.05) is 12.1 Å². The number of hydrogen-bond acceptors (Lipinski definition) is 5. The van der Waals surface area contributed by atoms with Crippen LogP contribution in [0, 0.1) is 5.92 Å². The van der Waals surface area contributed by atoms with Crippen LogP contribution >= 0.6 is 0 Å². The van der Waals surface area contributed by atoms with E-state index in [0.717, 1.165) is 24.9 Å². The number of hydrogen-bond donors (Lipinski definition) is 1. The van der Waals surface area contributed by atoms with Gasteiger partial charge in [0.25, 0.3) is 5.91 Å². The maximum Gasteiger partial charge on any atom is 0.253 e. The second-order valence-electron chi connectivity index (χ2n) is 6.95. The first kappa shape index (κ1) is 18.8. The largest absolute Gasteiger partial charge is 0.352 e. The van der Waals surface area contributed by atoms with Crippen molar-refractivity contribution in [1.82, 2.24) is 20.2 Å². The van der Waals surface area contributed by atoms with Crippen molar-refractivity contribution in [3.05, 3.63) is 53.9 Å². The summed E-state index contributed by atoms with van der Waals surface area (Å²) < 4.78 is 0. The zero-order valence-corrected chi connectivity index (χ0v) is 15.8. The van der Waals surface area contributed by atoms with Gasteiger partial charge < -0.3 is 15.1 Å². The number of nitrogens with one attached hydrogen (secondary N) is 1. The predicted molar refractivity (Wildman–Crippen MR) is 103 cm³/mol. The zero-order chi connectivity index (χ0) is 19.2. The van der Waals surface area contributed by atoms with Crippen LogP contribution in [0.2, 0.25) is 0 Å². The van der Waals surface area contributed by atoms with Gasteiger partial charge in [0.1, 0.15) is 0 Å². The second-order valence-corrected chi connectivity index (χ2v) is 6.95. The summed E-state index contributed by atoms with van der Waals surface area (Å²) in [7, 11) is 3.45. The van der Waals surface area contributed by atoms with Crippen LogP contribution in [0.3, 0.4) is 0 Å². The molecular weight excluding hydrogens is 342 g/mol. The van der Waals surface area contributed by atoms with Crippen molar-refractivity contribution in [2.24, 2.45) is 5.92 Å². The van der Waals surface area contributed by atoms with Crippen LogP contribution in [0.15, 0.2) is 42.7 Å². The molecule has 1 saturated heterocycles. The molecule has 0 spiro atoms. The van der Waals surface area contributed by atoms with Gasteiger partial charge in [-0.05, 0) is 36.6 Å². The van der Waals surface area contributed by atoms with E-state index < -0.39 is 0 Å². The van der Waals surface area contributed by atoms with Crippen molar-refractivity contribution in [1.29, 1.82) is 0 Å². The van der Waals surface area contributed by atoms with E-state index in [9.17, 15) is 9.59 Å². The summed E-state index contributed by atoms with van der Waals surface area (Å²) in [5, 5.41) is 3.01. The van der Waals surface area contributed by atoms with Gasteiger partial charge in [-0.3, -0.25) is 9.59 Å². The molecule has 1 aromatic carbocycles. The minimum atomic E-state index is -0.0721. The van der Waals surface area contributed by atoms with Gasteiger partial charge in [-0.2, -0.15) is 0 Å². The number of aromatic nitrogens is 2. The van der Waals surface area contributed by atoms with Crippen LogP contribution in [-0.4, -0.2) is 53.9 Å². The normalized spacial score (nSPS) is 16.7. The summed E-state index contributed by atoms with van der Waals surface area (Å²) in [6.45, 7) is 1.95. The Morgan fingerprint density at radius 3 is 2.56 bits per heavy atom. The molecule has 1 aliphatic rings. The summed E-state index contributed by atoms with van der Waals surface area (Å²) in [6, 6.07) is 9.12. The molecule has 1 unspecified atom stereocenters. The van der Waals surface area contributed by atoms with Crippen molar-refractivity contribution in [3.63, 3.8) is 0 Å². The number of nitrogens with zero attached hydrogens (tertiary/aromatic N) is 4. The Bertz CT molecular complexity index is 777. The molecular formula is C20H25N5O2. The van der Waals surface area contributed by atoms with E-state index in [1.807, 2.05) is 12.1 Å². The van der Waals surface area contributed by atoms with Gasteiger partial charge >= 0.3 is 0 Å².